The van der Waals surface area contributed by atoms with Crippen molar-refractivity contribution >= 4 is 27.6 Å². The smallest absolute Gasteiger partial charge is 0.328 e. The predicted molar refractivity (Wildman–Crippen MR) is 70.8 cm³/mol. The quantitative estimate of drug-likeness (QED) is 0.929. The lowest BCUT2D eigenvalue weighted by molar-refractivity contribution is -0.142. The molecule has 0 radical (unpaired) electrons. The maximum Gasteiger partial charge on any atom is 0.328 e. The molecule has 0 heterocycles. The maximum atomic E-state index is 11.2. The van der Waals surface area contributed by atoms with Gasteiger partial charge in [0.25, 0.3) is 0 Å². The highest BCUT2D eigenvalue weighted by Crippen LogP contribution is 2.31. The summed E-state index contributed by atoms with van der Waals surface area (Å²) in [5, 5.41) is 9.16. The monoisotopic (exact) mass is 301 g/mol. The van der Waals surface area contributed by atoms with Crippen LogP contribution in [0.2, 0.25) is 0 Å². The number of aliphatic carboxylic acids is 1. The fourth-order valence-electron chi connectivity index (χ4n) is 1.33. The van der Waals surface area contributed by atoms with E-state index >= 15 is 0 Å². The number of carboxylic acid groups (broad SMARTS) is 1. The van der Waals surface area contributed by atoms with Gasteiger partial charge < -0.3 is 14.7 Å². The number of hydrogen-bond acceptors (Lipinski definition) is 3. The minimum atomic E-state index is -0.964. The van der Waals surface area contributed by atoms with Crippen molar-refractivity contribution in [2.24, 2.45) is 0 Å². The average molecular weight is 302 g/mol. The number of methoxy groups -OCH3 is 1. The standard InChI is InChI=1S/C12H16BrNO3/c1-12(2,11(15)16)14(3)8-5-6-10(17-4)9(13)7-8/h5-7H,1-4H3,(H,15,16). The number of ether oxygens (including phenoxy) is 1. The number of likely N-dealkylation sites (N-methyl/N-ethyl adjacent to an activating group) is 1. The van der Waals surface area contributed by atoms with E-state index in [-0.39, 0.29) is 0 Å². The van der Waals surface area contributed by atoms with Gasteiger partial charge in [-0.2, -0.15) is 0 Å². The summed E-state index contributed by atoms with van der Waals surface area (Å²) in [6.07, 6.45) is 0. The zero-order valence-electron chi connectivity index (χ0n) is 10.3. The highest BCUT2D eigenvalue weighted by atomic mass is 79.9. The zero-order valence-corrected chi connectivity index (χ0v) is 11.9. The molecule has 17 heavy (non-hydrogen) atoms. The molecule has 0 spiro atoms. The van der Waals surface area contributed by atoms with Crippen LogP contribution < -0.4 is 9.64 Å². The molecule has 0 saturated carbocycles. The van der Waals surface area contributed by atoms with Gasteiger partial charge in [-0.05, 0) is 48.0 Å². The van der Waals surface area contributed by atoms with E-state index in [1.807, 2.05) is 12.1 Å². The van der Waals surface area contributed by atoms with Gasteiger partial charge in [0, 0.05) is 12.7 Å². The Balaban J connectivity index is 3.09. The van der Waals surface area contributed by atoms with Crippen LogP contribution in [0.3, 0.4) is 0 Å². The molecule has 1 aromatic carbocycles. The Morgan fingerprint density at radius 2 is 2.06 bits per heavy atom. The fourth-order valence-corrected chi connectivity index (χ4v) is 1.86. The lowest BCUT2D eigenvalue weighted by Crippen LogP contribution is -2.48. The van der Waals surface area contributed by atoms with Crippen LogP contribution in [0.15, 0.2) is 22.7 Å². The van der Waals surface area contributed by atoms with Crippen molar-refractivity contribution in [1.29, 1.82) is 0 Å². The lowest BCUT2D eigenvalue weighted by Gasteiger charge is -2.33. The van der Waals surface area contributed by atoms with E-state index < -0.39 is 11.5 Å². The maximum absolute atomic E-state index is 11.2. The molecule has 94 valence electrons. The molecule has 4 nitrogen and oxygen atoms in total. The van der Waals surface area contributed by atoms with Gasteiger partial charge in [0.2, 0.25) is 0 Å². The van der Waals surface area contributed by atoms with Crippen molar-refractivity contribution in [2.45, 2.75) is 19.4 Å². The molecular formula is C12H16BrNO3. The molecule has 5 heteroatoms. The highest BCUT2D eigenvalue weighted by molar-refractivity contribution is 9.10. The third-order valence-electron chi connectivity index (χ3n) is 2.88. The van der Waals surface area contributed by atoms with Gasteiger partial charge in [-0.1, -0.05) is 0 Å². The Bertz CT molecular complexity index is 432. The predicted octanol–water partition coefficient (Wildman–Crippen LogP) is 2.76. The van der Waals surface area contributed by atoms with Crippen molar-refractivity contribution in [3.63, 3.8) is 0 Å². The van der Waals surface area contributed by atoms with Crippen molar-refractivity contribution in [3.8, 4) is 5.75 Å². The number of nitrogens with zero attached hydrogens (tertiary/aromatic N) is 1. The van der Waals surface area contributed by atoms with Crippen LogP contribution in [0.4, 0.5) is 5.69 Å². The van der Waals surface area contributed by atoms with Crippen molar-refractivity contribution < 1.29 is 14.6 Å². The van der Waals surface area contributed by atoms with Gasteiger partial charge in [0.1, 0.15) is 11.3 Å². The molecule has 0 aromatic heterocycles. The Labute approximate surface area is 109 Å². The molecular weight excluding hydrogens is 286 g/mol. The minimum Gasteiger partial charge on any atom is -0.496 e. The molecule has 0 aliphatic carbocycles. The second-order valence-electron chi connectivity index (χ2n) is 4.24. The first-order valence-electron chi connectivity index (χ1n) is 5.11. The molecule has 0 saturated heterocycles. The van der Waals surface area contributed by atoms with E-state index in [0.29, 0.717) is 0 Å². The van der Waals surface area contributed by atoms with Gasteiger partial charge >= 0.3 is 5.97 Å². The van der Waals surface area contributed by atoms with Gasteiger partial charge in [0.05, 0.1) is 11.6 Å². The molecule has 0 bridgehead atoms. The first kappa shape index (κ1) is 13.8. The van der Waals surface area contributed by atoms with E-state index in [0.717, 1.165) is 15.9 Å². The number of carboxylic acids is 1. The molecule has 0 aliphatic rings. The Hall–Kier alpha value is -1.23. The first-order chi connectivity index (χ1) is 7.80. The Morgan fingerprint density at radius 1 is 1.47 bits per heavy atom. The average Bonchev–Trinajstić information content (AvgIpc) is 2.27. The van der Waals surface area contributed by atoms with Crippen LogP contribution in [0.1, 0.15) is 13.8 Å². The van der Waals surface area contributed by atoms with Crippen LogP contribution >= 0.6 is 15.9 Å². The summed E-state index contributed by atoms with van der Waals surface area (Å²) in [7, 11) is 3.34. The van der Waals surface area contributed by atoms with E-state index in [9.17, 15) is 4.79 Å². The molecule has 1 rings (SSSR count). The van der Waals surface area contributed by atoms with Crippen LogP contribution in [0.5, 0.6) is 5.75 Å². The Morgan fingerprint density at radius 3 is 2.47 bits per heavy atom. The minimum absolute atomic E-state index is 0.718. The molecule has 1 N–H and O–H groups in total. The van der Waals surface area contributed by atoms with Crippen LogP contribution in [0.25, 0.3) is 0 Å². The number of benzene rings is 1. The van der Waals surface area contributed by atoms with Gasteiger partial charge in [-0.15, -0.1) is 0 Å². The van der Waals surface area contributed by atoms with Gasteiger partial charge in [0.15, 0.2) is 0 Å². The molecule has 0 unspecified atom stereocenters. The normalized spacial score (nSPS) is 11.1. The summed E-state index contributed by atoms with van der Waals surface area (Å²) in [6, 6.07) is 5.46. The summed E-state index contributed by atoms with van der Waals surface area (Å²) in [4.78, 5) is 12.9. The summed E-state index contributed by atoms with van der Waals surface area (Å²) >= 11 is 3.38. The van der Waals surface area contributed by atoms with Crippen LogP contribution in [-0.2, 0) is 4.79 Å². The second-order valence-corrected chi connectivity index (χ2v) is 5.10. The molecule has 0 aliphatic heterocycles. The summed E-state index contributed by atoms with van der Waals surface area (Å²) in [6.45, 7) is 3.32. The molecule has 0 fully saturated rings. The molecule has 0 amide bonds. The fraction of sp³-hybridized carbons (Fsp3) is 0.417. The number of hydrogen-bond donors (Lipinski definition) is 1. The van der Waals surface area contributed by atoms with Crippen molar-refractivity contribution in [3.05, 3.63) is 22.7 Å². The number of carbonyl (C=O) groups is 1. The Kier molecular flexibility index (Phi) is 4.03. The number of halogens is 1. The van der Waals surface area contributed by atoms with Crippen molar-refractivity contribution in [1.82, 2.24) is 0 Å². The topological polar surface area (TPSA) is 49.8 Å². The van der Waals surface area contributed by atoms with E-state index in [4.69, 9.17) is 9.84 Å². The first-order valence-corrected chi connectivity index (χ1v) is 5.90. The molecule has 0 atom stereocenters. The largest absolute Gasteiger partial charge is 0.496 e. The van der Waals surface area contributed by atoms with Gasteiger partial charge in [-0.25, -0.2) is 4.79 Å². The van der Waals surface area contributed by atoms with E-state index in [1.165, 1.54) is 0 Å². The number of rotatable bonds is 4. The highest BCUT2D eigenvalue weighted by Gasteiger charge is 2.32. The summed E-state index contributed by atoms with van der Waals surface area (Å²) in [5.74, 6) is -0.151. The lowest BCUT2D eigenvalue weighted by atomic mass is 10.0. The zero-order chi connectivity index (χ0) is 13.2. The number of anilines is 1. The van der Waals surface area contributed by atoms with E-state index in [2.05, 4.69) is 15.9 Å². The SMILES string of the molecule is COc1ccc(N(C)C(C)(C)C(=O)O)cc1Br. The van der Waals surface area contributed by atoms with Crippen LogP contribution in [0, 0.1) is 0 Å². The second kappa shape index (κ2) is 4.96. The van der Waals surface area contributed by atoms with E-state index in [1.54, 1.807) is 39.0 Å². The third kappa shape index (κ3) is 2.72. The third-order valence-corrected chi connectivity index (χ3v) is 3.50. The van der Waals surface area contributed by atoms with Crippen LogP contribution in [-0.4, -0.2) is 30.8 Å². The van der Waals surface area contributed by atoms with Gasteiger partial charge in [-0.3, -0.25) is 0 Å². The molecule has 1 aromatic rings. The van der Waals surface area contributed by atoms with Crippen molar-refractivity contribution in [2.75, 3.05) is 19.1 Å². The summed E-state index contributed by atoms with van der Waals surface area (Å²) < 4.78 is 5.93. The summed E-state index contributed by atoms with van der Waals surface area (Å²) in [5.41, 5.74) is -0.154.